The van der Waals surface area contributed by atoms with Crippen LogP contribution in [-0.4, -0.2) is 22.2 Å². The number of aromatic nitrogens is 1. The summed E-state index contributed by atoms with van der Waals surface area (Å²) in [6.45, 7) is 7.28. The maximum absolute atomic E-state index is 12.3. The number of fused-ring (bicyclic) bond motifs is 1. The number of benzene rings is 2. The highest BCUT2D eigenvalue weighted by atomic mass is 16.3. The first-order valence-corrected chi connectivity index (χ1v) is 9.46. The fourth-order valence-corrected chi connectivity index (χ4v) is 3.23. The SMILES string of the molecule is CC(C)(C)c1ccc(CCC(=O)Nc2ccc3c(ccn3CCO)c2)cc1. The highest BCUT2D eigenvalue weighted by Gasteiger charge is 2.13. The first kappa shape index (κ1) is 19.2. The zero-order valence-electron chi connectivity index (χ0n) is 16.3. The molecule has 2 aromatic carbocycles. The molecule has 2 N–H and O–H groups in total. The minimum atomic E-state index is 0.0176. The first-order valence-electron chi connectivity index (χ1n) is 9.46. The zero-order chi connectivity index (χ0) is 19.4. The standard InChI is InChI=1S/C23H28N2O2/c1-23(2,3)19-7-4-17(5-8-19)6-11-22(27)24-20-9-10-21-18(16-20)12-13-25(21)14-15-26/h4-5,7-10,12-13,16,26H,6,11,14-15H2,1-3H3,(H,24,27). The van der Waals surface area contributed by atoms with Crippen molar-refractivity contribution in [3.8, 4) is 0 Å². The summed E-state index contributed by atoms with van der Waals surface area (Å²) < 4.78 is 2.00. The lowest BCUT2D eigenvalue weighted by Gasteiger charge is -2.19. The number of aliphatic hydroxyl groups is 1. The lowest BCUT2D eigenvalue weighted by Crippen LogP contribution is -2.13. The van der Waals surface area contributed by atoms with Crippen molar-refractivity contribution >= 4 is 22.5 Å². The molecule has 1 aromatic heterocycles. The second kappa shape index (κ2) is 7.97. The van der Waals surface area contributed by atoms with Gasteiger partial charge in [0.2, 0.25) is 5.91 Å². The van der Waals surface area contributed by atoms with E-state index in [1.54, 1.807) is 0 Å². The Kier molecular flexibility index (Phi) is 5.66. The summed E-state index contributed by atoms with van der Waals surface area (Å²) in [5.41, 5.74) is 4.48. The minimum absolute atomic E-state index is 0.0176. The molecule has 0 spiro atoms. The molecule has 0 aliphatic carbocycles. The molecule has 1 heterocycles. The van der Waals surface area contributed by atoms with E-state index in [1.165, 1.54) is 11.1 Å². The van der Waals surface area contributed by atoms with E-state index in [-0.39, 0.29) is 17.9 Å². The van der Waals surface area contributed by atoms with Crippen molar-refractivity contribution in [1.29, 1.82) is 0 Å². The van der Waals surface area contributed by atoms with Crippen LogP contribution in [0.15, 0.2) is 54.7 Å². The van der Waals surface area contributed by atoms with Gasteiger partial charge in [-0.1, -0.05) is 45.0 Å². The largest absolute Gasteiger partial charge is 0.395 e. The van der Waals surface area contributed by atoms with Gasteiger partial charge in [0.15, 0.2) is 0 Å². The van der Waals surface area contributed by atoms with Crippen LogP contribution in [0, 0.1) is 0 Å². The van der Waals surface area contributed by atoms with Crippen LogP contribution in [-0.2, 0) is 23.2 Å². The molecule has 0 aliphatic heterocycles. The Hall–Kier alpha value is -2.59. The Morgan fingerprint density at radius 1 is 1.07 bits per heavy atom. The van der Waals surface area contributed by atoms with Crippen LogP contribution in [0.5, 0.6) is 0 Å². The number of nitrogens with one attached hydrogen (secondary N) is 1. The predicted molar refractivity (Wildman–Crippen MR) is 111 cm³/mol. The van der Waals surface area contributed by atoms with Gasteiger partial charge in [0.25, 0.3) is 0 Å². The molecule has 0 fully saturated rings. The number of aryl methyl sites for hydroxylation is 1. The quantitative estimate of drug-likeness (QED) is 0.676. The van der Waals surface area contributed by atoms with E-state index >= 15 is 0 Å². The Bertz CT molecular complexity index is 918. The average molecular weight is 364 g/mol. The summed E-state index contributed by atoms with van der Waals surface area (Å²) in [6, 6.07) is 16.4. The number of carbonyl (C=O) groups is 1. The van der Waals surface area contributed by atoms with Crippen LogP contribution in [0.25, 0.3) is 10.9 Å². The van der Waals surface area contributed by atoms with Crippen LogP contribution in [0.2, 0.25) is 0 Å². The molecule has 0 bridgehead atoms. The molecular formula is C23H28N2O2. The third-order valence-corrected chi connectivity index (χ3v) is 4.86. The third-order valence-electron chi connectivity index (χ3n) is 4.86. The molecule has 1 amide bonds. The first-order chi connectivity index (χ1) is 12.9. The number of rotatable bonds is 6. The Balaban J connectivity index is 1.58. The van der Waals surface area contributed by atoms with Crippen molar-refractivity contribution in [2.24, 2.45) is 0 Å². The number of anilines is 1. The van der Waals surface area contributed by atoms with E-state index in [0.717, 1.165) is 23.0 Å². The molecule has 0 radical (unpaired) electrons. The van der Waals surface area contributed by atoms with E-state index in [1.807, 2.05) is 35.0 Å². The van der Waals surface area contributed by atoms with Gasteiger partial charge in [0, 0.05) is 35.8 Å². The fraction of sp³-hybridized carbons (Fsp3) is 0.348. The molecule has 0 aliphatic rings. The minimum Gasteiger partial charge on any atom is -0.395 e. The van der Waals surface area contributed by atoms with Crippen molar-refractivity contribution in [1.82, 2.24) is 4.57 Å². The van der Waals surface area contributed by atoms with Gasteiger partial charge in [-0.2, -0.15) is 0 Å². The van der Waals surface area contributed by atoms with Crippen LogP contribution < -0.4 is 5.32 Å². The molecule has 3 rings (SSSR count). The van der Waals surface area contributed by atoms with Gasteiger partial charge in [-0.3, -0.25) is 4.79 Å². The van der Waals surface area contributed by atoms with Crippen molar-refractivity contribution in [3.05, 3.63) is 65.9 Å². The number of hydrogen-bond acceptors (Lipinski definition) is 2. The van der Waals surface area contributed by atoms with E-state index in [9.17, 15) is 4.79 Å². The maximum Gasteiger partial charge on any atom is 0.224 e. The molecular weight excluding hydrogens is 336 g/mol. The van der Waals surface area contributed by atoms with E-state index < -0.39 is 0 Å². The summed E-state index contributed by atoms with van der Waals surface area (Å²) >= 11 is 0. The molecule has 4 nitrogen and oxygen atoms in total. The Morgan fingerprint density at radius 2 is 1.81 bits per heavy atom. The molecule has 0 unspecified atom stereocenters. The molecule has 4 heteroatoms. The molecule has 0 saturated heterocycles. The number of carbonyl (C=O) groups excluding carboxylic acids is 1. The predicted octanol–water partition coefficient (Wildman–Crippen LogP) is 4.50. The van der Waals surface area contributed by atoms with Gasteiger partial charge in [0.05, 0.1) is 6.61 Å². The molecule has 142 valence electrons. The van der Waals surface area contributed by atoms with Crippen molar-refractivity contribution in [3.63, 3.8) is 0 Å². The highest BCUT2D eigenvalue weighted by Crippen LogP contribution is 2.23. The smallest absolute Gasteiger partial charge is 0.224 e. The summed E-state index contributed by atoms with van der Waals surface area (Å²) in [4.78, 5) is 12.3. The van der Waals surface area contributed by atoms with Gasteiger partial charge in [-0.25, -0.2) is 0 Å². The van der Waals surface area contributed by atoms with E-state index in [0.29, 0.717) is 13.0 Å². The maximum atomic E-state index is 12.3. The van der Waals surface area contributed by atoms with Gasteiger partial charge in [-0.05, 0) is 47.2 Å². The molecule has 0 atom stereocenters. The van der Waals surface area contributed by atoms with Gasteiger partial charge >= 0.3 is 0 Å². The number of hydrogen-bond donors (Lipinski definition) is 2. The monoisotopic (exact) mass is 364 g/mol. The van der Waals surface area contributed by atoms with Crippen molar-refractivity contribution < 1.29 is 9.90 Å². The van der Waals surface area contributed by atoms with E-state index in [2.05, 4.69) is 50.4 Å². The summed E-state index contributed by atoms with van der Waals surface area (Å²) in [7, 11) is 0. The fourth-order valence-electron chi connectivity index (χ4n) is 3.23. The van der Waals surface area contributed by atoms with Crippen LogP contribution in [0.4, 0.5) is 5.69 Å². The topological polar surface area (TPSA) is 54.3 Å². The lowest BCUT2D eigenvalue weighted by atomic mass is 9.86. The summed E-state index contributed by atoms with van der Waals surface area (Å²) in [5.74, 6) is 0.0176. The zero-order valence-corrected chi connectivity index (χ0v) is 16.3. The van der Waals surface area contributed by atoms with Gasteiger partial charge in [-0.15, -0.1) is 0 Å². The highest BCUT2D eigenvalue weighted by molar-refractivity contribution is 5.94. The number of nitrogens with zero attached hydrogens (tertiary/aromatic N) is 1. The Morgan fingerprint density at radius 3 is 2.48 bits per heavy atom. The number of amides is 1. The van der Waals surface area contributed by atoms with Crippen LogP contribution in [0.3, 0.4) is 0 Å². The van der Waals surface area contributed by atoms with Gasteiger partial charge < -0.3 is 15.0 Å². The average Bonchev–Trinajstić information content (AvgIpc) is 3.02. The second-order valence-electron chi connectivity index (χ2n) is 8.00. The van der Waals surface area contributed by atoms with Gasteiger partial charge in [0.1, 0.15) is 0 Å². The van der Waals surface area contributed by atoms with Crippen LogP contribution >= 0.6 is 0 Å². The molecule has 27 heavy (non-hydrogen) atoms. The van der Waals surface area contributed by atoms with E-state index in [4.69, 9.17) is 5.11 Å². The van der Waals surface area contributed by atoms with Crippen molar-refractivity contribution in [2.75, 3.05) is 11.9 Å². The second-order valence-corrected chi connectivity index (χ2v) is 8.00. The Labute approximate surface area is 160 Å². The van der Waals surface area contributed by atoms with Crippen LogP contribution in [0.1, 0.15) is 38.3 Å². The normalized spacial score (nSPS) is 11.7. The lowest BCUT2D eigenvalue weighted by molar-refractivity contribution is -0.116. The molecule has 0 saturated carbocycles. The number of aliphatic hydroxyl groups excluding tert-OH is 1. The summed E-state index contributed by atoms with van der Waals surface area (Å²) in [6.07, 6.45) is 3.14. The van der Waals surface area contributed by atoms with Crippen molar-refractivity contribution in [2.45, 2.75) is 45.6 Å². The molecule has 3 aromatic rings. The third kappa shape index (κ3) is 4.77. The summed E-state index contributed by atoms with van der Waals surface area (Å²) in [5, 5.41) is 13.1.